The summed E-state index contributed by atoms with van der Waals surface area (Å²) in [5, 5.41) is 4.17. The first-order valence-electron chi connectivity index (χ1n) is 9.22. The molecule has 8 heteroatoms. The molecule has 0 saturated carbocycles. The number of carbonyl (C=O) groups is 3. The van der Waals surface area contributed by atoms with E-state index in [-0.39, 0.29) is 18.8 Å². The van der Waals surface area contributed by atoms with E-state index >= 15 is 0 Å². The van der Waals surface area contributed by atoms with E-state index in [9.17, 15) is 14.4 Å². The van der Waals surface area contributed by atoms with Crippen molar-refractivity contribution in [2.45, 2.75) is 25.9 Å². The number of benzene rings is 2. The average molecular weight is 398 g/mol. The van der Waals surface area contributed by atoms with Crippen molar-refractivity contribution in [2.24, 2.45) is 0 Å². The van der Waals surface area contributed by atoms with Gasteiger partial charge in [0, 0.05) is 13.0 Å². The Morgan fingerprint density at radius 1 is 0.897 bits per heavy atom. The fourth-order valence-corrected chi connectivity index (χ4v) is 2.85. The lowest BCUT2D eigenvalue weighted by molar-refractivity contribution is -0.153. The number of hydrogen-bond donors (Lipinski definition) is 2. The third-order valence-electron chi connectivity index (χ3n) is 4.43. The van der Waals surface area contributed by atoms with E-state index in [0.29, 0.717) is 12.4 Å². The predicted octanol–water partition coefficient (Wildman–Crippen LogP) is 2.70. The summed E-state index contributed by atoms with van der Waals surface area (Å²) in [4.78, 5) is 36.4. The van der Waals surface area contributed by atoms with Gasteiger partial charge in [0.25, 0.3) is 17.4 Å². The standard InChI is InChI=1S/C21H22N2O6/c1-3-27-13-12-21(18(24)22-20(26)23-19(21)25)29-16-10-8-15(9-11-16)28-17-7-5-4-6-14(17)2/h4-11H,3,12-13H2,1-2H3,(H2,22,23,24,25,26). The van der Waals surface area contributed by atoms with E-state index in [1.165, 1.54) is 0 Å². The minimum absolute atomic E-state index is 0.0484. The molecule has 0 aliphatic carbocycles. The molecular formula is C21H22N2O6. The highest BCUT2D eigenvalue weighted by Crippen LogP contribution is 2.29. The van der Waals surface area contributed by atoms with Crippen molar-refractivity contribution < 1.29 is 28.6 Å². The Morgan fingerprint density at radius 3 is 2.14 bits per heavy atom. The van der Waals surface area contributed by atoms with Crippen molar-refractivity contribution in [3.63, 3.8) is 0 Å². The van der Waals surface area contributed by atoms with Gasteiger partial charge in [-0.3, -0.25) is 20.2 Å². The molecule has 0 radical (unpaired) electrons. The molecule has 152 valence electrons. The van der Waals surface area contributed by atoms with Crippen LogP contribution in [0.1, 0.15) is 18.9 Å². The molecule has 2 aromatic carbocycles. The first kappa shape index (κ1) is 20.3. The monoisotopic (exact) mass is 398 g/mol. The minimum atomic E-state index is -1.90. The Hall–Kier alpha value is -3.39. The third kappa shape index (κ3) is 4.55. The quantitative estimate of drug-likeness (QED) is 0.524. The summed E-state index contributed by atoms with van der Waals surface area (Å²) in [5.74, 6) is -0.0858. The fourth-order valence-electron chi connectivity index (χ4n) is 2.85. The number of carbonyl (C=O) groups excluding carboxylic acids is 3. The van der Waals surface area contributed by atoms with Gasteiger partial charge in [-0.15, -0.1) is 0 Å². The van der Waals surface area contributed by atoms with Crippen LogP contribution < -0.4 is 20.1 Å². The molecule has 2 N–H and O–H groups in total. The van der Waals surface area contributed by atoms with E-state index in [1.54, 1.807) is 31.2 Å². The van der Waals surface area contributed by atoms with Crippen LogP contribution in [0.5, 0.6) is 17.2 Å². The zero-order chi connectivity index (χ0) is 20.9. The molecule has 1 heterocycles. The van der Waals surface area contributed by atoms with Crippen LogP contribution in [0.15, 0.2) is 48.5 Å². The van der Waals surface area contributed by atoms with Crippen molar-refractivity contribution in [1.29, 1.82) is 0 Å². The number of nitrogens with one attached hydrogen (secondary N) is 2. The van der Waals surface area contributed by atoms with E-state index in [4.69, 9.17) is 14.2 Å². The number of barbiturate groups is 1. The van der Waals surface area contributed by atoms with Crippen molar-refractivity contribution in [1.82, 2.24) is 10.6 Å². The van der Waals surface area contributed by atoms with Crippen LogP contribution in [0, 0.1) is 6.92 Å². The molecule has 1 aliphatic rings. The Bertz CT molecular complexity index is 890. The van der Waals surface area contributed by atoms with Crippen LogP contribution in [-0.2, 0) is 14.3 Å². The summed E-state index contributed by atoms with van der Waals surface area (Å²) in [6, 6.07) is 13.2. The first-order chi connectivity index (χ1) is 13.9. The second kappa shape index (κ2) is 8.74. The van der Waals surface area contributed by atoms with Gasteiger partial charge in [-0.25, -0.2) is 4.79 Å². The zero-order valence-electron chi connectivity index (χ0n) is 16.2. The molecule has 0 aromatic heterocycles. The Labute approximate surface area is 168 Å². The van der Waals surface area contributed by atoms with Crippen molar-refractivity contribution in [3.05, 3.63) is 54.1 Å². The van der Waals surface area contributed by atoms with Gasteiger partial charge in [-0.05, 0) is 49.7 Å². The number of para-hydroxylation sites is 1. The molecule has 2 aromatic rings. The predicted molar refractivity (Wildman–Crippen MR) is 104 cm³/mol. The van der Waals surface area contributed by atoms with Crippen molar-refractivity contribution >= 4 is 17.8 Å². The molecule has 1 fully saturated rings. The van der Waals surface area contributed by atoms with Crippen molar-refractivity contribution in [2.75, 3.05) is 13.2 Å². The smallest absolute Gasteiger partial charge is 0.328 e. The molecule has 8 nitrogen and oxygen atoms in total. The van der Waals surface area contributed by atoms with Crippen LogP contribution in [0.3, 0.4) is 0 Å². The normalized spacial score (nSPS) is 15.4. The second-order valence-electron chi connectivity index (χ2n) is 6.45. The highest BCUT2D eigenvalue weighted by Gasteiger charge is 2.52. The van der Waals surface area contributed by atoms with Crippen LogP contribution in [0.25, 0.3) is 0 Å². The Kier molecular flexibility index (Phi) is 6.13. The lowest BCUT2D eigenvalue weighted by atomic mass is 9.95. The lowest BCUT2D eigenvalue weighted by Crippen LogP contribution is -2.69. The summed E-state index contributed by atoms with van der Waals surface area (Å²) < 4.78 is 16.9. The Balaban J connectivity index is 1.79. The Morgan fingerprint density at radius 2 is 1.52 bits per heavy atom. The zero-order valence-corrected chi connectivity index (χ0v) is 16.2. The largest absolute Gasteiger partial charge is 0.467 e. The van der Waals surface area contributed by atoms with E-state index in [0.717, 1.165) is 11.3 Å². The van der Waals surface area contributed by atoms with E-state index in [2.05, 4.69) is 10.6 Å². The molecular weight excluding hydrogens is 376 g/mol. The highest BCUT2D eigenvalue weighted by molar-refractivity contribution is 6.21. The number of hydrogen-bond acceptors (Lipinski definition) is 6. The average Bonchev–Trinajstić information content (AvgIpc) is 2.69. The summed E-state index contributed by atoms with van der Waals surface area (Å²) >= 11 is 0. The topological polar surface area (TPSA) is 103 Å². The number of amides is 4. The van der Waals surface area contributed by atoms with Crippen molar-refractivity contribution in [3.8, 4) is 17.2 Å². The number of urea groups is 1. The number of imide groups is 2. The van der Waals surface area contributed by atoms with Gasteiger partial charge in [0.1, 0.15) is 17.2 Å². The number of rotatable bonds is 8. The minimum Gasteiger partial charge on any atom is -0.467 e. The summed E-state index contributed by atoms with van der Waals surface area (Å²) in [7, 11) is 0. The van der Waals surface area contributed by atoms with Gasteiger partial charge < -0.3 is 14.2 Å². The van der Waals surface area contributed by atoms with Crippen LogP contribution >= 0.6 is 0 Å². The van der Waals surface area contributed by atoms with Gasteiger partial charge in [-0.2, -0.15) is 0 Å². The van der Waals surface area contributed by atoms with Gasteiger partial charge in [-0.1, -0.05) is 18.2 Å². The second-order valence-corrected chi connectivity index (χ2v) is 6.45. The molecule has 0 bridgehead atoms. The molecule has 29 heavy (non-hydrogen) atoms. The van der Waals surface area contributed by atoms with Gasteiger partial charge >= 0.3 is 6.03 Å². The fraction of sp³-hybridized carbons (Fsp3) is 0.286. The highest BCUT2D eigenvalue weighted by atomic mass is 16.5. The number of ether oxygens (including phenoxy) is 3. The maximum Gasteiger partial charge on any atom is 0.328 e. The summed E-state index contributed by atoms with van der Waals surface area (Å²) in [5.41, 5.74) is -0.913. The first-order valence-corrected chi connectivity index (χ1v) is 9.22. The number of aryl methyl sites for hydroxylation is 1. The molecule has 0 spiro atoms. The lowest BCUT2D eigenvalue weighted by Gasteiger charge is -2.34. The maximum absolute atomic E-state index is 12.5. The summed E-state index contributed by atoms with van der Waals surface area (Å²) in [6.07, 6.45) is -0.0484. The summed E-state index contributed by atoms with van der Waals surface area (Å²) in [6.45, 7) is 4.27. The SMILES string of the molecule is CCOCCC1(Oc2ccc(Oc3ccccc3C)cc2)C(=O)NC(=O)NC1=O. The van der Waals surface area contributed by atoms with Crippen LogP contribution in [-0.4, -0.2) is 36.7 Å². The van der Waals surface area contributed by atoms with Crippen LogP contribution in [0.2, 0.25) is 0 Å². The van der Waals surface area contributed by atoms with E-state index < -0.39 is 23.4 Å². The molecule has 0 unspecified atom stereocenters. The maximum atomic E-state index is 12.5. The molecule has 1 aliphatic heterocycles. The molecule has 3 rings (SSSR count). The van der Waals surface area contributed by atoms with Gasteiger partial charge in [0.15, 0.2) is 0 Å². The van der Waals surface area contributed by atoms with E-state index in [1.807, 2.05) is 31.2 Å². The molecule has 0 atom stereocenters. The third-order valence-corrected chi connectivity index (χ3v) is 4.43. The molecule has 4 amide bonds. The van der Waals surface area contributed by atoms with Gasteiger partial charge in [0.2, 0.25) is 0 Å². The van der Waals surface area contributed by atoms with Crippen LogP contribution in [0.4, 0.5) is 4.79 Å². The van der Waals surface area contributed by atoms with Gasteiger partial charge in [0.05, 0.1) is 6.61 Å². The molecule has 1 saturated heterocycles.